The first-order valence-corrected chi connectivity index (χ1v) is 9.83. The van der Waals surface area contributed by atoms with Gasteiger partial charge in [0, 0.05) is 17.5 Å². The van der Waals surface area contributed by atoms with Crippen molar-refractivity contribution in [3.8, 4) is 17.1 Å². The lowest BCUT2D eigenvalue weighted by atomic mass is 10.1. The highest BCUT2D eigenvalue weighted by Gasteiger charge is 2.19. The van der Waals surface area contributed by atoms with Crippen LogP contribution in [0.3, 0.4) is 0 Å². The van der Waals surface area contributed by atoms with E-state index in [2.05, 4.69) is 9.88 Å². The minimum absolute atomic E-state index is 0.0478. The average Bonchev–Trinajstić information content (AvgIpc) is 3.37. The number of nitrogens with zero attached hydrogens (tertiary/aromatic N) is 2. The molecule has 0 unspecified atom stereocenters. The van der Waals surface area contributed by atoms with Crippen LogP contribution in [0.1, 0.15) is 24.4 Å². The van der Waals surface area contributed by atoms with Crippen LogP contribution >= 0.6 is 11.3 Å². The Balaban J connectivity index is 1.60. The van der Waals surface area contributed by atoms with E-state index in [-0.39, 0.29) is 11.6 Å². The highest BCUT2D eigenvalue weighted by Crippen LogP contribution is 2.31. The van der Waals surface area contributed by atoms with Gasteiger partial charge in [0.1, 0.15) is 22.2 Å². The van der Waals surface area contributed by atoms with Gasteiger partial charge in [-0.15, -0.1) is 11.3 Å². The molecule has 0 fully saturated rings. The van der Waals surface area contributed by atoms with E-state index in [9.17, 15) is 4.79 Å². The summed E-state index contributed by atoms with van der Waals surface area (Å²) in [5, 5.41) is 2.50. The van der Waals surface area contributed by atoms with E-state index in [0.717, 1.165) is 28.3 Å². The number of benzene rings is 1. The molecule has 28 heavy (non-hydrogen) atoms. The molecule has 0 aliphatic carbocycles. The van der Waals surface area contributed by atoms with Gasteiger partial charge in [0.05, 0.1) is 24.8 Å². The number of hydrogen-bond donors (Lipinski definition) is 1. The first-order chi connectivity index (χ1) is 13.6. The van der Waals surface area contributed by atoms with Crippen LogP contribution in [0.2, 0.25) is 0 Å². The Morgan fingerprint density at radius 3 is 2.75 bits per heavy atom. The minimum Gasteiger partial charge on any atom is -0.497 e. The summed E-state index contributed by atoms with van der Waals surface area (Å²) in [4.78, 5) is 23.3. The molecule has 0 saturated heterocycles. The van der Waals surface area contributed by atoms with Crippen molar-refractivity contribution in [2.75, 3.05) is 14.2 Å². The van der Waals surface area contributed by atoms with Crippen molar-refractivity contribution >= 4 is 21.6 Å². The molecule has 7 heteroatoms. The van der Waals surface area contributed by atoms with E-state index in [0.29, 0.717) is 17.0 Å². The third-order valence-corrected chi connectivity index (χ3v) is 5.77. The fourth-order valence-electron chi connectivity index (χ4n) is 3.14. The van der Waals surface area contributed by atoms with Crippen LogP contribution in [0.4, 0.5) is 0 Å². The number of methoxy groups -OCH3 is 1. The molecule has 0 amide bonds. The van der Waals surface area contributed by atoms with E-state index in [4.69, 9.17) is 14.1 Å². The quantitative estimate of drug-likeness (QED) is 0.522. The van der Waals surface area contributed by atoms with Gasteiger partial charge in [0.25, 0.3) is 5.56 Å². The first-order valence-electron chi connectivity index (χ1n) is 8.95. The molecule has 144 valence electrons. The SMILES string of the molecule is COc1ccc(CN(C)[C@@H](C)c2nc3scc(-c4ccco4)c3c(=O)[nH]2)cc1. The third kappa shape index (κ3) is 3.46. The standard InChI is InChI=1S/C21H21N3O3S/c1-13(24(2)11-14-6-8-15(26-3)9-7-14)19-22-20(25)18-16(12-28-21(18)23-19)17-5-4-10-27-17/h4-10,12-13H,11H2,1-3H3,(H,22,23,25)/t13-/m0/s1. The van der Waals surface area contributed by atoms with E-state index in [1.165, 1.54) is 11.3 Å². The van der Waals surface area contributed by atoms with Crippen LogP contribution in [0.15, 0.2) is 57.3 Å². The van der Waals surface area contributed by atoms with E-state index in [1.807, 2.05) is 55.7 Å². The van der Waals surface area contributed by atoms with Crippen LogP contribution < -0.4 is 10.3 Å². The average molecular weight is 395 g/mol. The maximum atomic E-state index is 12.8. The Hall–Kier alpha value is -2.90. The monoisotopic (exact) mass is 395 g/mol. The van der Waals surface area contributed by atoms with Gasteiger partial charge in [-0.1, -0.05) is 12.1 Å². The minimum atomic E-state index is -0.141. The molecule has 0 aliphatic rings. The Morgan fingerprint density at radius 1 is 1.29 bits per heavy atom. The second-order valence-electron chi connectivity index (χ2n) is 6.70. The van der Waals surface area contributed by atoms with Gasteiger partial charge in [-0.25, -0.2) is 4.98 Å². The summed E-state index contributed by atoms with van der Waals surface area (Å²) in [5.74, 6) is 2.17. The van der Waals surface area contributed by atoms with E-state index < -0.39 is 0 Å². The lowest BCUT2D eigenvalue weighted by molar-refractivity contribution is 0.244. The molecule has 4 aromatic rings. The lowest BCUT2D eigenvalue weighted by Crippen LogP contribution is -2.25. The predicted octanol–water partition coefficient (Wildman–Crippen LogP) is 4.45. The van der Waals surface area contributed by atoms with Crippen LogP contribution in [-0.2, 0) is 6.54 Å². The molecule has 0 aliphatic heterocycles. The van der Waals surface area contributed by atoms with E-state index >= 15 is 0 Å². The molecule has 0 spiro atoms. The van der Waals surface area contributed by atoms with Crippen molar-refractivity contribution in [1.82, 2.24) is 14.9 Å². The predicted molar refractivity (Wildman–Crippen MR) is 111 cm³/mol. The Bertz CT molecular complexity index is 1130. The zero-order valence-corrected chi connectivity index (χ0v) is 16.7. The lowest BCUT2D eigenvalue weighted by Gasteiger charge is -2.24. The smallest absolute Gasteiger partial charge is 0.260 e. The normalized spacial score (nSPS) is 12.6. The van der Waals surface area contributed by atoms with Gasteiger partial charge in [0.15, 0.2) is 0 Å². The van der Waals surface area contributed by atoms with Gasteiger partial charge < -0.3 is 14.1 Å². The summed E-state index contributed by atoms with van der Waals surface area (Å²) in [6.45, 7) is 2.77. The number of aromatic amines is 1. The summed E-state index contributed by atoms with van der Waals surface area (Å²) < 4.78 is 10.7. The van der Waals surface area contributed by atoms with Crippen molar-refractivity contribution in [3.63, 3.8) is 0 Å². The topological polar surface area (TPSA) is 71.4 Å². The first kappa shape index (κ1) is 18.5. The number of furan rings is 1. The molecule has 1 atom stereocenters. The summed E-state index contributed by atoms with van der Waals surface area (Å²) in [7, 11) is 3.67. The molecule has 1 N–H and O–H groups in total. The summed E-state index contributed by atoms with van der Waals surface area (Å²) in [5.41, 5.74) is 1.80. The zero-order valence-electron chi connectivity index (χ0n) is 15.9. The summed E-state index contributed by atoms with van der Waals surface area (Å²) >= 11 is 1.45. The highest BCUT2D eigenvalue weighted by atomic mass is 32.1. The molecule has 0 saturated carbocycles. The largest absolute Gasteiger partial charge is 0.497 e. The maximum absolute atomic E-state index is 12.8. The number of aromatic nitrogens is 2. The van der Waals surface area contributed by atoms with Crippen molar-refractivity contribution in [1.29, 1.82) is 0 Å². The molecule has 3 aromatic heterocycles. The fraction of sp³-hybridized carbons (Fsp3) is 0.238. The molecule has 0 radical (unpaired) electrons. The van der Waals surface area contributed by atoms with Crippen molar-refractivity contribution in [2.24, 2.45) is 0 Å². The summed E-state index contributed by atoms with van der Waals surface area (Å²) in [6.07, 6.45) is 1.60. The zero-order chi connectivity index (χ0) is 19.7. The maximum Gasteiger partial charge on any atom is 0.260 e. The molecular formula is C21H21N3O3S. The Labute approximate surface area is 166 Å². The highest BCUT2D eigenvalue weighted by molar-refractivity contribution is 7.17. The van der Waals surface area contributed by atoms with Gasteiger partial charge in [-0.05, 0) is 43.8 Å². The van der Waals surface area contributed by atoms with Crippen molar-refractivity contribution in [3.05, 3.63) is 69.8 Å². The van der Waals surface area contributed by atoms with Crippen molar-refractivity contribution in [2.45, 2.75) is 19.5 Å². The summed E-state index contributed by atoms with van der Waals surface area (Å²) in [6, 6.07) is 11.6. The van der Waals surface area contributed by atoms with Crippen LogP contribution in [0, 0.1) is 0 Å². The van der Waals surface area contributed by atoms with Crippen molar-refractivity contribution < 1.29 is 9.15 Å². The number of ether oxygens (including phenoxy) is 1. The number of H-pyrrole nitrogens is 1. The number of hydrogen-bond acceptors (Lipinski definition) is 6. The fourth-order valence-corrected chi connectivity index (χ4v) is 4.08. The van der Waals surface area contributed by atoms with Crippen LogP contribution in [0.25, 0.3) is 21.5 Å². The molecule has 0 bridgehead atoms. The Kier molecular flexibility index (Phi) is 5.02. The molecule has 1 aromatic carbocycles. The molecule has 6 nitrogen and oxygen atoms in total. The third-order valence-electron chi connectivity index (χ3n) is 4.90. The Morgan fingerprint density at radius 2 is 2.07 bits per heavy atom. The second-order valence-corrected chi connectivity index (χ2v) is 7.56. The molecule has 4 rings (SSSR count). The van der Waals surface area contributed by atoms with Gasteiger partial charge in [-0.2, -0.15) is 0 Å². The number of fused-ring (bicyclic) bond motifs is 1. The van der Waals surface area contributed by atoms with Crippen LogP contribution in [-0.4, -0.2) is 29.0 Å². The number of thiophene rings is 1. The van der Waals surface area contributed by atoms with Gasteiger partial charge in [0.2, 0.25) is 0 Å². The van der Waals surface area contributed by atoms with Gasteiger partial charge in [-0.3, -0.25) is 9.69 Å². The van der Waals surface area contributed by atoms with E-state index in [1.54, 1.807) is 13.4 Å². The second kappa shape index (κ2) is 7.61. The number of nitrogens with one attached hydrogen (secondary N) is 1. The number of rotatable bonds is 6. The van der Waals surface area contributed by atoms with Gasteiger partial charge >= 0.3 is 0 Å². The molecular weight excluding hydrogens is 374 g/mol. The molecule has 3 heterocycles. The van der Waals surface area contributed by atoms with Crippen LogP contribution in [0.5, 0.6) is 5.75 Å².